The van der Waals surface area contributed by atoms with E-state index in [1.54, 1.807) is 24.3 Å². The fourth-order valence-electron chi connectivity index (χ4n) is 3.84. The number of carbonyl (C=O) groups excluding carboxylic acids is 2. The second-order valence-corrected chi connectivity index (χ2v) is 8.14. The molecule has 0 saturated carbocycles. The van der Waals surface area contributed by atoms with Crippen molar-refractivity contribution in [2.75, 3.05) is 51.3 Å². The summed E-state index contributed by atoms with van der Waals surface area (Å²) in [7, 11) is 0. The van der Waals surface area contributed by atoms with Crippen LogP contribution in [0.4, 0.5) is 5.69 Å². The molecular formula is C25H34N4O3. The van der Waals surface area contributed by atoms with E-state index in [-0.39, 0.29) is 24.4 Å². The van der Waals surface area contributed by atoms with Gasteiger partial charge in [-0.2, -0.15) is 0 Å². The van der Waals surface area contributed by atoms with Gasteiger partial charge in [-0.15, -0.1) is 0 Å². The zero-order valence-corrected chi connectivity index (χ0v) is 19.0. The molecule has 7 nitrogen and oxygen atoms in total. The Hall–Kier alpha value is -2.74. The van der Waals surface area contributed by atoms with Gasteiger partial charge < -0.3 is 15.4 Å². The maximum atomic E-state index is 12.9. The number of benzene rings is 2. The molecule has 1 atom stereocenters. The van der Waals surface area contributed by atoms with Gasteiger partial charge in [-0.05, 0) is 37.6 Å². The first-order valence-electron chi connectivity index (χ1n) is 11.3. The Balaban J connectivity index is 1.65. The average molecular weight is 439 g/mol. The molecule has 172 valence electrons. The van der Waals surface area contributed by atoms with Crippen molar-refractivity contribution in [1.82, 2.24) is 15.1 Å². The third kappa shape index (κ3) is 7.44. The van der Waals surface area contributed by atoms with Crippen molar-refractivity contribution >= 4 is 17.5 Å². The maximum absolute atomic E-state index is 12.9. The molecule has 2 aromatic carbocycles. The summed E-state index contributed by atoms with van der Waals surface area (Å²) in [4.78, 5) is 29.6. The molecule has 2 aromatic rings. The van der Waals surface area contributed by atoms with Gasteiger partial charge in [-0.3, -0.25) is 19.4 Å². The van der Waals surface area contributed by atoms with Gasteiger partial charge in [0.15, 0.2) is 0 Å². The normalized spacial score (nSPS) is 15.3. The van der Waals surface area contributed by atoms with Crippen LogP contribution in [0.5, 0.6) is 0 Å². The Morgan fingerprint density at radius 1 is 1.09 bits per heavy atom. The van der Waals surface area contributed by atoms with Crippen LogP contribution in [0, 0.1) is 0 Å². The topological polar surface area (TPSA) is 73.9 Å². The molecule has 1 unspecified atom stereocenters. The minimum atomic E-state index is -0.145. The van der Waals surface area contributed by atoms with Gasteiger partial charge in [0.2, 0.25) is 5.91 Å². The Morgan fingerprint density at radius 3 is 2.56 bits per heavy atom. The number of morpholine rings is 1. The molecule has 3 rings (SSSR count). The number of hydrogen-bond donors (Lipinski definition) is 2. The lowest BCUT2D eigenvalue weighted by Crippen LogP contribution is -2.47. The molecular weight excluding hydrogens is 404 g/mol. The standard InChI is InChI=1S/C25H34N4O3/c1-3-26-25(31)22-10-7-11-23(16-22)27-24(30)19-29(18-21-8-5-4-6-9-21)20(2)17-28-12-14-32-15-13-28/h4-11,16,20H,3,12-15,17-19H2,1-2H3,(H,26,31)(H,27,30). The highest BCUT2D eigenvalue weighted by molar-refractivity contribution is 5.97. The van der Waals surface area contributed by atoms with Crippen molar-refractivity contribution in [3.8, 4) is 0 Å². The van der Waals surface area contributed by atoms with Gasteiger partial charge >= 0.3 is 0 Å². The fraction of sp³-hybridized carbons (Fsp3) is 0.440. The quantitative estimate of drug-likeness (QED) is 0.597. The lowest BCUT2D eigenvalue weighted by Gasteiger charge is -2.34. The number of nitrogens with one attached hydrogen (secondary N) is 2. The highest BCUT2D eigenvalue weighted by Crippen LogP contribution is 2.14. The van der Waals surface area contributed by atoms with Crippen LogP contribution < -0.4 is 10.6 Å². The average Bonchev–Trinajstić information content (AvgIpc) is 2.80. The molecule has 0 aliphatic carbocycles. The number of amides is 2. The number of anilines is 1. The summed E-state index contributed by atoms with van der Waals surface area (Å²) in [6, 6.07) is 17.4. The second-order valence-electron chi connectivity index (χ2n) is 8.14. The Bertz CT molecular complexity index is 869. The highest BCUT2D eigenvalue weighted by atomic mass is 16.5. The summed E-state index contributed by atoms with van der Waals surface area (Å²) < 4.78 is 5.46. The van der Waals surface area contributed by atoms with Gasteiger partial charge in [0.25, 0.3) is 5.91 Å². The number of carbonyl (C=O) groups is 2. The number of nitrogens with zero attached hydrogens (tertiary/aromatic N) is 2. The van der Waals surface area contributed by atoms with Crippen molar-refractivity contribution in [1.29, 1.82) is 0 Å². The van der Waals surface area contributed by atoms with Crippen LogP contribution >= 0.6 is 0 Å². The van der Waals surface area contributed by atoms with Crippen LogP contribution in [0.2, 0.25) is 0 Å². The smallest absolute Gasteiger partial charge is 0.251 e. The van der Waals surface area contributed by atoms with E-state index in [1.165, 1.54) is 5.56 Å². The molecule has 1 saturated heterocycles. The summed E-state index contributed by atoms with van der Waals surface area (Å²) in [6.45, 7) is 9.81. The molecule has 1 fully saturated rings. The Morgan fingerprint density at radius 2 is 1.84 bits per heavy atom. The number of rotatable bonds is 10. The van der Waals surface area contributed by atoms with E-state index in [0.717, 1.165) is 32.8 Å². The van der Waals surface area contributed by atoms with Crippen molar-refractivity contribution < 1.29 is 14.3 Å². The molecule has 0 bridgehead atoms. The predicted octanol–water partition coefficient (Wildman–Crippen LogP) is 2.60. The van der Waals surface area contributed by atoms with Crippen molar-refractivity contribution in [2.24, 2.45) is 0 Å². The molecule has 2 N–H and O–H groups in total. The van der Waals surface area contributed by atoms with Gasteiger partial charge in [0, 0.05) is 50.0 Å². The van der Waals surface area contributed by atoms with E-state index in [4.69, 9.17) is 4.74 Å². The molecule has 32 heavy (non-hydrogen) atoms. The van der Waals surface area contributed by atoms with Crippen LogP contribution in [0.1, 0.15) is 29.8 Å². The Kier molecular flexibility index (Phi) is 9.22. The van der Waals surface area contributed by atoms with Crippen LogP contribution in [0.15, 0.2) is 54.6 Å². The van der Waals surface area contributed by atoms with E-state index in [1.807, 2.05) is 25.1 Å². The zero-order chi connectivity index (χ0) is 22.8. The monoisotopic (exact) mass is 438 g/mol. The molecule has 1 heterocycles. The first-order valence-corrected chi connectivity index (χ1v) is 11.3. The molecule has 7 heteroatoms. The van der Waals surface area contributed by atoms with Gasteiger partial charge in [-0.25, -0.2) is 0 Å². The Labute approximate surface area is 190 Å². The minimum Gasteiger partial charge on any atom is -0.379 e. The van der Waals surface area contributed by atoms with Crippen molar-refractivity contribution in [3.05, 3.63) is 65.7 Å². The highest BCUT2D eigenvalue weighted by Gasteiger charge is 2.22. The molecule has 1 aliphatic rings. The van der Waals surface area contributed by atoms with Gasteiger partial charge in [0.1, 0.15) is 0 Å². The van der Waals surface area contributed by atoms with E-state index >= 15 is 0 Å². The number of hydrogen-bond acceptors (Lipinski definition) is 5. The first kappa shape index (κ1) is 23.9. The second kappa shape index (κ2) is 12.3. The lowest BCUT2D eigenvalue weighted by molar-refractivity contribution is -0.118. The molecule has 2 amide bonds. The summed E-state index contributed by atoms with van der Waals surface area (Å²) in [5.41, 5.74) is 2.33. The van der Waals surface area contributed by atoms with E-state index in [9.17, 15) is 9.59 Å². The third-order valence-electron chi connectivity index (χ3n) is 5.57. The molecule has 0 radical (unpaired) electrons. The molecule has 0 aromatic heterocycles. The molecule has 1 aliphatic heterocycles. The first-order chi connectivity index (χ1) is 15.5. The van der Waals surface area contributed by atoms with Gasteiger partial charge in [-0.1, -0.05) is 36.4 Å². The summed E-state index contributed by atoms with van der Waals surface area (Å²) in [5, 5.41) is 5.74. The van der Waals surface area contributed by atoms with Crippen LogP contribution in [-0.2, 0) is 16.1 Å². The number of ether oxygens (including phenoxy) is 1. The van der Waals surface area contributed by atoms with Crippen LogP contribution in [-0.4, -0.2) is 73.6 Å². The van der Waals surface area contributed by atoms with Crippen molar-refractivity contribution in [2.45, 2.75) is 26.4 Å². The minimum absolute atomic E-state index is 0.0946. The summed E-state index contributed by atoms with van der Waals surface area (Å²) in [5.74, 6) is -0.240. The lowest BCUT2D eigenvalue weighted by atomic mass is 10.1. The largest absolute Gasteiger partial charge is 0.379 e. The predicted molar refractivity (Wildman–Crippen MR) is 127 cm³/mol. The van der Waals surface area contributed by atoms with E-state index < -0.39 is 0 Å². The maximum Gasteiger partial charge on any atom is 0.251 e. The zero-order valence-electron chi connectivity index (χ0n) is 19.0. The van der Waals surface area contributed by atoms with E-state index in [0.29, 0.717) is 24.3 Å². The summed E-state index contributed by atoms with van der Waals surface area (Å²) >= 11 is 0. The summed E-state index contributed by atoms with van der Waals surface area (Å²) in [6.07, 6.45) is 0. The van der Waals surface area contributed by atoms with Crippen molar-refractivity contribution in [3.63, 3.8) is 0 Å². The fourth-order valence-corrected chi connectivity index (χ4v) is 3.84. The van der Waals surface area contributed by atoms with E-state index in [2.05, 4.69) is 39.5 Å². The van der Waals surface area contributed by atoms with Gasteiger partial charge in [0.05, 0.1) is 19.8 Å². The SMILES string of the molecule is CCNC(=O)c1cccc(NC(=O)CN(Cc2ccccc2)C(C)CN2CCOCC2)c1. The van der Waals surface area contributed by atoms with Crippen LogP contribution in [0.3, 0.4) is 0 Å². The third-order valence-corrected chi connectivity index (χ3v) is 5.57. The molecule has 0 spiro atoms. The van der Waals surface area contributed by atoms with Crippen LogP contribution in [0.25, 0.3) is 0 Å².